The summed E-state index contributed by atoms with van der Waals surface area (Å²) in [5, 5.41) is 9.07. The molecule has 1 rings (SSSR count). The van der Waals surface area contributed by atoms with Gasteiger partial charge in [0, 0.05) is 23.0 Å². The normalized spacial score (nSPS) is 11.9. The highest BCUT2D eigenvalue weighted by Crippen LogP contribution is 2.27. The number of unbranched alkanes of at least 4 members (excludes halogenated alkanes) is 2. The molecule has 0 saturated heterocycles. The number of nitriles is 1. The summed E-state index contributed by atoms with van der Waals surface area (Å²) < 4.78 is 5.65. The van der Waals surface area contributed by atoms with Gasteiger partial charge in [-0.15, -0.1) is 0 Å². The van der Waals surface area contributed by atoms with E-state index in [1.165, 1.54) is 0 Å². The van der Waals surface area contributed by atoms with E-state index in [1.54, 1.807) is 6.07 Å². The second-order valence-corrected chi connectivity index (χ2v) is 4.37. The molecule has 0 aromatic heterocycles. The predicted octanol–water partition coefficient (Wildman–Crippen LogP) is 3.43. The van der Waals surface area contributed by atoms with Crippen LogP contribution >= 0.6 is 11.6 Å². The van der Waals surface area contributed by atoms with Crippen molar-refractivity contribution < 1.29 is 4.74 Å². The highest BCUT2D eigenvalue weighted by Gasteiger charge is 2.08. The van der Waals surface area contributed by atoms with Crippen molar-refractivity contribution in [3.63, 3.8) is 0 Å². The minimum Gasteiger partial charge on any atom is -0.493 e. The lowest BCUT2D eigenvalue weighted by molar-refractivity contribution is 0.303. The highest BCUT2D eigenvalue weighted by atomic mass is 35.5. The van der Waals surface area contributed by atoms with Gasteiger partial charge in [-0.05, 0) is 38.0 Å². The molecule has 0 spiro atoms. The minimum absolute atomic E-state index is 0.109. The molecule has 0 bridgehead atoms. The molecule has 0 heterocycles. The van der Waals surface area contributed by atoms with E-state index in [2.05, 4.69) is 6.07 Å². The van der Waals surface area contributed by atoms with Gasteiger partial charge >= 0.3 is 0 Å². The van der Waals surface area contributed by atoms with E-state index in [0.717, 1.165) is 24.2 Å². The number of nitrogens with zero attached hydrogens (tertiary/aromatic N) is 1. The zero-order valence-electron chi connectivity index (χ0n) is 9.95. The molecular formula is C13H17ClN2O. The number of rotatable bonds is 6. The molecule has 3 nitrogen and oxygen atoms in total. The van der Waals surface area contributed by atoms with Crippen LogP contribution in [-0.4, -0.2) is 6.61 Å². The van der Waals surface area contributed by atoms with Gasteiger partial charge in [-0.3, -0.25) is 0 Å². The predicted molar refractivity (Wildman–Crippen MR) is 69.0 cm³/mol. The maximum Gasteiger partial charge on any atom is 0.124 e. The summed E-state index contributed by atoms with van der Waals surface area (Å²) in [5.74, 6) is 0.779. The molecule has 0 aliphatic rings. The van der Waals surface area contributed by atoms with Crippen LogP contribution in [0, 0.1) is 11.3 Å². The Labute approximate surface area is 107 Å². The smallest absolute Gasteiger partial charge is 0.124 e. The second kappa shape index (κ2) is 7.16. The van der Waals surface area contributed by atoms with E-state index in [9.17, 15) is 0 Å². The highest BCUT2D eigenvalue weighted by molar-refractivity contribution is 6.30. The summed E-state index contributed by atoms with van der Waals surface area (Å²) in [5.41, 5.74) is 6.77. The monoisotopic (exact) mass is 252 g/mol. The van der Waals surface area contributed by atoms with Crippen LogP contribution in [0.4, 0.5) is 0 Å². The second-order valence-electron chi connectivity index (χ2n) is 3.93. The molecule has 0 saturated carbocycles. The fraction of sp³-hybridized carbons (Fsp3) is 0.462. The maximum absolute atomic E-state index is 8.41. The van der Waals surface area contributed by atoms with Crippen molar-refractivity contribution in [2.45, 2.75) is 32.2 Å². The van der Waals surface area contributed by atoms with E-state index in [1.807, 2.05) is 19.1 Å². The first kappa shape index (κ1) is 13.8. The summed E-state index contributed by atoms with van der Waals surface area (Å²) >= 11 is 5.92. The minimum atomic E-state index is -0.109. The summed E-state index contributed by atoms with van der Waals surface area (Å²) in [6.45, 7) is 2.50. The Kier molecular flexibility index (Phi) is 5.82. The van der Waals surface area contributed by atoms with Crippen LogP contribution in [0.25, 0.3) is 0 Å². The average Bonchev–Trinajstić information content (AvgIpc) is 2.30. The van der Waals surface area contributed by atoms with Crippen molar-refractivity contribution in [1.82, 2.24) is 0 Å². The molecule has 2 N–H and O–H groups in total. The van der Waals surface area contributed by atoms with Crippen molar-refractivity contribution in [2.75, 3.05) is 6.61 Å². The molecule has 0 aliphatic carbocycles. The van der Waals surface area contributed by atoms with E-state index in [0.29, 0.717) is 18.1 Å². The van der Waals surface area contributed by atoms with Crippen LogP contribution in [0.3, 0.4) is 0 Å². The Morgan fingerprint density at radius 2 is 2.24 bits per heavy atom. The van der Waals surface area contributed by atoms with Gasteiger partial charge in [0.1, 0.15) is 5.75 Å². The van der Waals surface area contributed by atoms with E-state index in [-0.39, 0.29) is 6.04 Å². The topological polar surface area (TPSA) is 59.0 Å². The SMILES string of the molecule is C[C@@H](N)c1cc(Cl)ccc1OCCCCC#N. The third-order valence-corrected chi connectivity index (χ3v) is 2.64. The van der Waals surface area contributed by atoms with Gasteiger partial charge < -0.3 is 10.5 Å². The molecule has 1 aromatic rings. The molecule has 17 heavy (non-hydrogen) atoms. The lowest BCUT2D eigenvalue weighted by Crippen LogP contribution is -2.08. The van der Waals surface area contributed by atoms with Crippen LogP contribution in [0.15, 0.2) is 18.2 Å². The number of ether oxygens (including phenoxy) is 1. The molecule has 1 aromatic carbocycles. The average molecular weight is 253 g/mol. The number of hydrogen-bond donors (Lipinski definition) is 1. The number of halogens is 1. The van der Waals surface area contributed by atoms with Crippen molar-refractivity contribution in [3.8, 4) is 11.8 Å². The third-order valence-electron chi connectivity index (χ3n) is 2.40. The molecular weight excluding hydrogens is 236 g/mol. The van der Waals surface area contributed by atoms with Gasteiger partial charge in [-0.1, -0.05) is 11.6 Å². The maximum atomic E-state index is 8.41. The van der Waals surface area contributed by atoms with Gasteiger partial charge in [-0.25, -0.2) is 0 Å². The Balaban J connectivity index is 2.55. The number of benzene rings is 1. The molecule has 0 unspecified atom stereocenters. The zero-order chi connectivity index (χ0) is 12.7. The van der Waals surface area contributed by atoms with Crippen LogP contribution in [0.5, 0.6) is 5.75 Å². The van der Waals surface area contributed by atoms with Gasteiger partial charge in [0.2, 0.25) is 0 Å². The Morgan fingerprint density at radius 3 is 2.88 bits per heavy atom. The van der Waals surface area contributed by atoms with E-state index in [4.69, 9.17) is 27.3 Å². The Bertz CT molecular complexity index is 399. The summed E-state index contributed by atoms with van der Waals surface area (Å²) in [4.78, 5) is 0. The molecule has 1 atom stereocenters. The van der Waals surface area contributed by atoms with Crippen molar-refractivity contribution in [1.29, 1.82) is 5.26 Å². The van der Waals surface area contributed by atoms with Gasteiger partial charge in [0.05, 0.1) is 12.7 Å². The summed E-state index contributed by atoms with van der Waals surface area (Å²) in [6, 6.07) is 7.46. The molecule has 0 fully saturated rings. The fourth-order valence-electron chi connectivity index (χ4n) is 1.49. The van der Waals surface area contributed by atoms with Crippen molar-refractivity contribution in [2.24, 2.45) is 5.73 Å². The first-order valence-electron chi connectivity index (χ1n) is 5.70. The van der Waals surface area contributed by atoms with Crippen molar-refractivity contribution >= 4 is 11.6 Å². The molecule has 0 aliphatic heterocycles. The standard InChI is InChI=1S/C13H17ClN2O/c1-10(16)12-9-11(14)5-6-13(12)17-8-4-2-3-7-15/h5-6,9-10H,2-4,8,16H2,1H3/t10-/m1/s1. The Hall–Kier alpha value is -1.24. The first-order chi connectivity index (χ1) is 8.15. The van der Waals surface area contributed by atoms with Gasteiger partial charge in [-0.2, -0.15) is 5.26 Å². The van der Waals surface area contributed by atoms with Crippen LogP contribution in [0.1, 0.15) is 37.8 Å². The lowest BCUT2D eigenvalue weighted by atomic mass is 10.1. The molecule has 4 heteroatoms. The quantitative estimate of drug-likeness (QED) is 0.789. The summed E-state index contributed by atoms with van der Waals surface area (Å²) in [7, 11) is 0. The van der Waals surface area contributed by atoms with Gasteiger partial charge in [0.15, 0.2) is 0 Å². The largest absolute Gasteiger partial charge is 0.493 e. The van der Waals surface area contributed by atoms with Crippen LogP contribution < -0.4 is 10.5 Å². The molecule has 0 amide bonds. The zero-order valence-corrected chi connectivity index (χ0v) is 10.7. The molecule has 92 valence electrons. The lowest BCUT2D eigenvalue weighted by Gasteiger charge is -2.14. The molecule has 0 radical (unpaired) electrons. The summed E-state index contributed by atoms with van der Waals surface area (Å²) in [6.07, 6.45) is 2.30. The Morgan fingerprint density at radius 1 is 1.47 bits per heavy atom. The number of hydrogen-bond acceptors (Lipinski definition) is 3. The van der Waals surface area contributed by atoms with E-state index >= 15 is 0 Å². The third kappa shape index (κ3) is 4.64. The van der Waals surface area contributed by atoms with Crippen molar-refractivity contribution in [3.05, 3.63) is 28.8 Å². The first-order valence-corrected chi connectivity index (χ1v) is 6.07. The fourth-order valence-corrected chi connectivity index (χ4v) is 1.68. The van der Waals surface area contributed by atoms with E-state index < -0.39 is 0 Å². The van der Waals surface area contributed by atoms with Crippen LogP contribution in [0.2, 0.25) is 5.02 Å². The number of nitrogens with two attached hydrogens (primary N) is 1. The van der Waals surface area contributed by atoms with Gasteiger partial charge in [0.25, 0.3) is 0 Å². The van der Waals surface area contributed by atoms with Crippen LogP contribution in [-0.2, 0) is 0 Å².